The number of nitrogens with one attached hydrogen (secondary N) is 1. The SMILES string of the molecule is CCc1nc2[nH]c(=O)n(Cc3ccc(Cl)cc3)c(=O)c2n1C.CCc1nc2c(c(=O)n(Cc3ccc(Cl)cc3)c(=O)n2CC(OC)OC)n1C. The van der Waals surface area contributed by atoms with Crippen LogP contribution in [0.5, 0.6) is 0 Å². The Bertz CT molecular complexity index is 2380. The molecule has 264 valence electrons. The lowest BCUT2D eigenvalue weighted by atomic mass is 10.2. The zero-order chi connectivity index (χ0) is 36.3. The van der Waals surface area contributed by atoms with Crippen LogP contribution in [0.15, 0.2) is 67.7 Å². The minimum Gasteiger partial charge on any atom is -0.354 e. The smallest absolute Gasteiger partial charge is 0.333 e. The van der Waals surface area contributed by atoms with Gasteiger partial charge in [-0.15, -0.1) is 0 Å². The summed E-state index contributed by atoms with van der Waals surface area (Å²) in [5.41, 5.74) is 1.41. The highest BCUT2D eigenvalue weighted by molar-refractivity contribution is 6.30. The Morgan fingerprint density at radius 1 is 0.700 bits per heavy atom. The summed E-state index contributed by atoms with van der Waals surface area (Å²) in [7, 11) is 6.55. The van der Waals surface area contributed by atoms with E-state index >= 15 is 0 Å². The van der Waals surface area contributed by atoms with Crippen LogP contribution in [-0.4, -0.2) is 58.3 Å². The summed E-state index contributed by atoms with van der Waals surface area (Å²) < 4.78 is 17.8. The molecular formula is C34H38Cl2N8O6. The molecule has 0 atom stereocenters. The van der Waals surface area contributed by atoms with Crippen LogP contribution in [0.1, 0.15) is 36.6 Å². The fourth-order valence-corrected chi connectivity index (χ4v) is 5.94. The number of hydrogen-bond acceptors (Lipinski definition) is 8. The van der Waals surface area contributed by atoms with Gasteiger partial charge in [0.05, 0.1) is 19.6 Å². The van der Waals surface area contributed by atoms with E-state index in [1.165, 1.54) is 27.9 Å². The van der Waals surface area contributed by atoms with Gasteiger partial charge in [-0.05, 0) is 35.4 Å². The summed E-state index contributed by atoms with van der Waals surface area (Å²) in [4.78, 5) is 62.6. The average molecular weight is 726 g/mol. The monoisotopic (exact) mass is 724 g/mol. The van der Waals surface area contributed by atoms with Crippen LogP contribution in [0.3, 0.4) is 0 Å². The van der Waals surface area contributed by atoms with Crippen LogP contribution < -0.4 is 22.5 Å². The predicted molar refractivity (Wildman–Crippen MR) is 192 cm³/mol. The van der Waals surface area contributed by atoms with Crippen LogP contribution >= 0.6 is 23.2 Å². The molecule has 0 saturated heterocycles. The number of aromatic nitrogens is 8. The largest absolute Gasteiger partial charge is 0.354 e. The Balaban J connectivity index is 0.000000200. The van der Waals surface area contributed by atoms with Gasteiger partial charge in [0.2, 0.25) is 0 Å². The predicted octanol–water partition coefficient (Wildman–Crippen LogP) is 3.47. The summed E-state index contributed by atoms with van der Waals surface area (Å²) in [6.45, 7) is 4.33. The van der Waals surface area contributed by atoms with Crippen molar-refractivity contribution in [2.75, 3.05) is 14.2 Å². The number of aromatic amines is 1. The number of ether oxygens (including phenoxy) is 2. The number of halogens is 2. The van der Waals surface area contributed by atoms with Crippen molar-refractivity contribution in [1.29, 1.82) is 0 Å². The molecule has 0 bridgehead atoms. The molecule has 4 heterocycles. The molecule has 2 aromatic carbocycles. The van der Waals surface area contributed by atoms with Gasteiger partial charge in [-0.2, -0.15) is 0 Å². The third-order valence-corrected chi connectivity index (χ3v) is 8.94. The van der Waals surface area contributed by atoms with Crippen LogP contribution in [0, 0.1) is 0 Å². The lowest BCUT2D eigenvalue weighted by molar-refractivity contribution is -0.111. The van der Waals surface area contributed by atoms with E-state index in [1.807, 2.05) is 13.8 Å². The van der Waals surface area contributed by atoms with Gasteiger partial charge in [0, 0.05) is 51.2 Å². The quantitative estimate of drug-likeness (QED) is 0.211. The van der Waals surface area contributed by atoms with E-state index in [9.17, 15) is 19.2 Å². The number of benzene rings is 2. The summed E-state index contributed by atoms with van der Waals surface area (Å²) in [6, 6.07) is 14.1. The number of rotatable bonds is 10. The fourth-order valence-electron chi connectivity index (χ4n) is 5.69. The number of methoxy groups -OCH3 is 2. The van der Waals surface area contributed by atoms with Gasteiger partial charge in [-0.25, -0.2) is 19.6 Å². The molecule has 0 aliphatic rings. The van der Waals surface area contributed by atoms with Crippen molar-refractivity contribution < 1.29 is 9.47 Å². The maximum atomic E-state index is 13.2. The molecule has 4 aromatic heterocycles. The fraction of sp³-hybridized carbons (Fsp3) is 0.353. The average Bonchev–Trinajstić information content (AvgIpc) is 3.62. The van der Waals surface area contributed by atoms with Crippen LogP contribution in [0.4, 0.5) is 0 Å². The van der Waals surface area contributed by atoms with Crippen molar-refractivity contribution in [3.05, 3.63) is 123 Å². The molecular weight excluding hydrogens is 687 g/mol. The third-order valence-electron chi connectivity index (χ3n) is 8.44. The Kier molecular flexibility index (Phi) is 11.3. The van der Waals surface area contributed by atoms with Crippen molar-refractivity contribution in [2.24, 2.45) is 14.1 Å². The van der Waals surface area contributed by atoms with Crippen molar-refractivity contribution in [2.45, 2.75) is 52.6 Å². The second-order valence-corrected chi connectivity index (χ2v) is 12.4. The number of H-pyrrole nitrogens is 1. The molecule has 16 heteroatoms. The first-order valence-corrected chi connectivity index (χ1v) is 16.6. The summed E-state index contributed by atoms with van der Waals surface area (Å²) in [5, 5.41) is 1.20. The molecule has 0 amide bonds. The minimum atomic E-state index is -0.644. The number of imidazole rings is 2. The Morgan fingerprint density at radius 3 is 1.70 bits per heavy atom. The number of aryl methyl sites for hydroxylation is 4. The van der Waals surface area contributed by atoms with E-state index in [0.717, 1.165) is 22.8 Å². The van der Waals surface area contributed by atoms with E-state index in [-0.39, 0.29) is 30.8 Å². The number of fused-ring (bicyclic) bond motifs is 2. The van der Waals surface area contributed by atoms with E-state index in [1.54, 1.807) is 71.8 Å². The Hall–Kier alpha value is -4.76. The highest BCUT2D eigenvalue weighted by atomic mass is 35.5. The highest BCUT2D eigenvalue weighted by Gasteiger charge is 2.22. The van der Waals surface area contributed by atoms with Crippen LogP contribution in [0.2, 0.25) is 10.0 Å². The van der Waals surface area contributed by atoms with Crippen LogP contribution in [0.25, 0.3) is 22.3 Å². The molecule has 0 fully saturated rings. The zero-order valence-electron chi connectivity index (χ0n) is 28.6. The first-order valence-electron chi connectivity index (χ1n) is 15.8. The highest BCUT2D eigenvalue weighted by Crippen LogP contribution is 2.14. The zero-order valence-corrected chi connectivity index (χ0v) is 30.1. The van der Waals surface area contributed by atoms with Crippen molar-refractivity contribution >= 4 is 45.5 Å². The summed E-state index contributed by atoms with van der Waals surface area (Å²) in [6.07, 6.45) is 0.673. The van der Waals surface area contributed by atoms with Gasteiger partial charge in [0.1, 0.15) is 11.6 Å². The molecule has 0 radical (unpaired) electrons. The molecule has 6 aromatic rings. The molecule has 6 rings (SSSR count). The van der Waals surface area contributed by atoms with Gasteiger partial charge in [0.25, 0.3) is 11.1 Å². The molecule has 14 nitrogen and oxygen atoms in total. The first-order chi connectivity index (χ1) is 23.9. The van der Waals surface area contributed by atoms with Gasteiger partial charge in [-0.1, -0.05) is 61.3 Å². The van der Waals surface area contributed by atoms with E-state index in [2.05, 4.69) is 15.0 Å². The van der Waals surface area contributed by atoms with Gasteiger partial charge in [-0.3, -0.25) is 28.3 Å². The van der Waals surface area contributed by atoms with Gasteiger partial charge in [0.15, 0.2) is 28.6 Å². The third kappa shape index (κ3) is 7.24. The maximum absolute atomic E-state index is 13.2. The normalized spacial score (nSPS) is 11.5. The lowest BCUT2D eigenvalue weighted by Crippen LogP contribution is -2.42. The minimum absolute atomic E-state index is 0.114. The summed E-state index contributed by atoms with van der Waals surface area (Å²) in [5.74, 6) is 1.47. The van der Waals surface area contributed by atoms with E-state index in [4.69, 9.17) is 32.7 Å². The maximum Gasteiger partial charge on any atom is 0.333 e. The topological polar surface area (TPSA) is 153 Å². The molecule has 1 N–H and O–H groups in total. The Morgan fingerprint density at radius 2 is 1.18 bits per heavy atom. The van der Waals surface area contributed by atoms with Crippen molar-refractivity contribution in [3.8, 4) is 0 Å². The molecule has 0 unspecified atom stereocenters. The van der Waals surface area contributed by atoms with Crippen molar-refractivity contribution in [3.63, 3.8) is 0 Å². The van der Waals surface area contributed by atoms with Crippen LogP contribution in [-0.2, 0) is 56.0 Å². The van der Waals surface area contributed by atoms with Gasteiger partial charge >= 0.3 is 11.4 Å². The standard InChI is InChI=1S/C19H23ClN4O4.C15H15ClN4O2/c1-5-14-21-17-16(22(14)2)18(25)24(10-12-6-8-13(20)9-7-12)19(26)23(17)11-15(27-3)28-4;1-3-11-17-13-12(19(11)2)14(21)20(15(22)18-13)8-9-4-6-10(16)7-5-9/h6-9,15H,5,10-11H2,1-4H3;4-7H,3,8H2,1-2H3,(H,18,22). The second kappa shape index (κ2) is 15.4. The van der Waals surface area contributed by atoms with Gasteiger partial charge < -0.3 is 18.6 Å². The molecule has 0 aliphatic carbocycles. The molecule has 50 heavy (non-hydrogen) atoms. The second-order valence-electron chi connectivity index (χ2n) is 11.5. The summed E-state index contributed by atoms with van der Waals surface area (Å²) >= 11 is 11.8. The lowest BCUT2D eigenvalue weighted by Gasteiger charge is -2.17. The van der Waals surface area contributed by atoms with E-state index in [0.29, 0.717) is 45.2 Å². The molecule has 0 saturated carbocycles. The Labute approximate surface area is 296 Å². The first kappa shape index (κ1) is 36.5. The van der Waals surface area contributed by atoms with Crippen molar-refractivity contribution in [1.82, 2.24) is 37.8 Å². The number of nitrogens with zero attached hydrogens (tertiary/aromatic N) is 7. The van der Waals surface area contributed by atoms with E-state index < -0.39 is 17.7 Å². The number of hydrogen-bond donors (Lipinski definition) is 1. The molecule has 0 spiro atoms. The molecule has 0 aliphatic heterocycles.